The van der Waals surface area contributed by atoms with Crippen LogP contribution >= 0.6 is 23.1 Å². The molecule has 4 heteroatoms. The van der Waals surface area contributed by atoms with Crippen LogP contribution in [-0.4, -0.2) is 11.2 Å². The smallest absolute Gasteiger partial charge is 0.0794 e. The van der Waals surface area contributed by atoms with E-state index in [0.717, 1.165) is 12.3 Å². The lowest BCUT2D eigenvalue weighted by atomic mass is 10.2. The minimum absolute atomic E-state index is 0.855. The molecule has 2 rings (SSSR count). The molecule has 0 saturated heterocycles. The monoisotopic (exact) mass is 250 g/mol. The van der Waals surface area contributed by atoms with Crippen molar-refractivity contribution in [3.63, 3.8) is 0 Å². The number of benzene rings is 1. The Hall–Kier alpha value is -1.000. The molecule has 0 aliphatic carbocycles. The summed E-state index contributed by atoms with van der Waals surface area (Å²) in [6.45, 7) is 0.855. The molecular weight excluding hydrogens is 236 g/mol. The molecule has 16 heavy (non-hydrogen) atoms. The van der Waals surface area contributed by atoms with Gasteiger partial charge in [0.2, 0.25) is 0 Å². The lowest BCUT2D eigenvalue weighted by molar-refractivity contribution is 1.17. The molecule has 0 unspecified atom stereocenters. The Morgan fingerprint density at radius 2 is 2.38 bits per heavy atom. The summed E-state index contributed by atoms with van der Waals surface area (Å²) in [4.78, 5) is 5.32. The Morgan fingerprint density at radius 3 is 3.12 bits per heavy atom. The molecule has 0 spiro atoms. The minimum atomic E-state index is 0.855. The van der Waals surface area contributed by atoms with Gasteiger partial charge in [0.1, 0.15) is 0 Å². The summed E-state index contributed by atoms with van der Waals surface area (Å²) in [5, 5.41) is 3.41. The quantitative estimate of drug-likeness (QED) is 0.877. The first-order valence-corrected chi connectivity index (χ1v) is 7.35. The van der Waals surface area contributed by atoms with Crippen molar-refractivity contribution in [3.05, 3.63) is 46.4 Å². The summed E-state index contributed by atoms with van der Waals surface area (Å²) in [5.74, 6) is 1.07. The van der Waals surface area contributed by atoms with Gasteiger partial charge in [-0.2, -0.15) is 11.8 Å². The van der Waals surface area contributed by atoms with Gasteiger partial charge in [-0.15, -0.1) is 11.3 Å². The van der Waals surface area contributed by atoms with Crippen molar-refractivity contribution in [1.29, 1.82) is 0 Å². The summed E-state index contributed by atoms with van der Waals surface area (Å²) in [6.07, 6.45) is 4.03. The van der Waals surface area contributed by atoms with E-state index in [1.165, 1.54) is 16.1 Å². The lowest BCUT2D eigenvalue weighted by Crippen LogP contribution is -1.97. The van der Waals surface area contributed by atoms with Crippen molar-refractivity contribution >= 4 is 28.8 Å². The van der Waals surface area contributed by atoms with Gasteiger partial charge in [-0.25, -0.2) is 0 Å². The number of nitrogens with one attached hydrogen (secondary N) is 1. The molecule has 1 heterocycles. The minimum Gasteiger partial charge on any atom is -0.380 e. The van der Waals surface area contributed by atoms with E-state index in [0.29, 0.717) is 0 Å². The first kappa shape index (κ1) is 11.5. The van der Waals surface area contributed by atoms with Crippen molar-refractivity contribution in [2.75, 3.05) is 11.6 Å². The molecule has 0 amide bonds. The van der Waals surface area contributed by atoms with Gasteiger partial charge in [-0.05, 0) is 24.0 Å². The van der Waals surface area contributed by atoms with Crippen LogP contribution in [0.4, 0.5) is 5.69 Å². The Labute approximate surface area is 104 Å². The standard InChI is InChI=1S/C12H14N2S2/c1-15-8-10-3-2-4-11(5-10)14-7-12-6-13-9-16-12/h2-6,9,14H,7-8H2,1H3. The highest BCUT2D eigenvalue weighted by atomic mass is 32.2. The first-order chi connectivity index (χ1) is 7.88. The zero-order valence-corrected chi connectivity index (χ0v) is 10.8. The number of hydrogen-bond donors (Lipinski definition) is 1. The van der Waals surface area contributed by atoms with E-state index in [1.54, 1.807) is 11.3 Å². The highest BCUT2D eigenvalue weighted by Crippen LogP contribution is 2.16. The second kappa shape index (κ2) is 5.92. The maximum absolute atomic E-state index is 4.06. The molecule has 1 N–H and O–H groups in total. The Morgan fingerprint density at radius 1 is 1.44 bits per heavy atom. The number of nitrogens with zero attached hydrogens (tertiary/aromatic N) is 1. The molecule has 0 aliphatic rings. The molecule has 84 valence electrons. The maximum Gasteiger partial charge on any atom is 0.0794 e. The average Bonchev–Trinajstić information content (AvgIpc) is 2.80. The molecule has 0 radical (unpaired) electrons. The fourth-order valence-corrected chi connectivity index (χ4v) is 2.50. The molecule has 1 aromatic heterocycles. The molecule has 1 aromatic carbocycles. The van der Waals surface area contributed by atoms with Crippen LogP contribution in [-0.2, 0) is 12.3 Å². The second-order valence-corrected chi connectivity index (χ2v) is 5.29. The average molecular weight is 250 g/mol. The van der Waals surface area contributed by atoms with Gasteiger partial charge in [0.15, 0.2) is 0 Å². The lowest BCUT2D eigenvalue weighted by Gasteiger charge is -2.06. The molecule has 0 aliphatic heterocycles. The van der Waals surface area contributed by atoms with Crippen LogP contribution in [0.1, 0.15) is 10.4 Å². The second-order valence-electron chi connectivity index (χ2n) is 3.45. The number of hydrogen-bond acceptors (Lipinski definition) is 4. The molecule has 0 fully saturated rings. The van der Waals surface area contributed by atoms with Gasteiger partial charge in [0.25, 0.3) is 0 Å². The molecule has 2 nitrogen and oxygen atoms in total. The highest BCUT2D eigenvalue weighted by molar-refractivity contribution is 7.97. The van der Waals surface area contributed by atoms with E-state index in [-0.39, 0.29) is 0 Å². The number of thiazole rings is 1. The van der Waals surface area contributed by atoms with Gasteiger partial charge < -0.3 is 5.32 Å². The zero-order valence-electron chi connectivity index (χ0n) is 9.14. The topological polar surface area (TPSA) is 24.9 Å². The van der Waals surface area contributed by atoms with Gasteiger partial charge in [0, 0.05) is 22.5 Å². The van der Waals surface area contributed by atoms with Crippen molar-refractivity contribution in [1.82, 2.24) is 4.98 Å². The normalized spacial score (nSPS) is 10.3. The summed E-state index contributed by atoms with van der Waals surface area (Å²) in [6, 6.07) is 8.57. The predicted octanol–water partition coefficient (Wildman–Crippen LogP) is 3.62. The number of anilines is 1. The summed E-state index contributed by atoms with van der Waals surface area (Å²) in [7, 11) is 0. The van der Waals surface area contributed by atoms with Crippen molar-refractivity contribution < 1.29 is 0 Å². The van der Waals surface area contributed by atoms with Crippen LogP contribution in [0, 0.1) is 0 Å². The third-order valence-electron chi connectivity index (χ3n) is 2.19. The number of rotatable bonds is 5. The van der Waals surface area contributed by atoms with Gasteiger partial charge in [-0.3, -0.25) is 4.98 Å². The van der Waals surface area contributed by atoms with Crippen LogP contribution in [0.5, 0.6) is 0 Å². The number of aromatic nitrogens is 1. The van der Waals surface area contributed by atoms with E-state index in [4.69, 9.17) is 0 Å². The van der Waals surface area contributed by atoms with Gasteiger partial charge in [-0.1, -0.05) is 12.1 Å². The van der Waals surface area contributed by atoms with Gasteiger partial charge in [0.05, 0.1) is 12.1 Å². The van der Waals surface area contributed by atoms with Crippen molar-refractivity contribution in [3.8, 4) is 0 Å². The SMILES string of the molecule is CSCc1cccc(NCc2cncs2)c1. The number of thioether (sulfide) groups is 1. The van der Waals surface area contributed by atoms with Crippen molar-refractivity contribution in [2.24, 2.45) is 0 Å². The van der Waals surface area contributed by atoms with Gasteiger partial charge >= 0.3 is 0 Å². The molecule has 0 atom stereocenters. The van der Waals surface area contributed by atoms with Crippen LogP contribution in [0.2, 0.25) is 0 Å². The molecule has 0 bridgehead atoms. The maximum atomic E-state index is 4.06. The third-order valence-corrected chi connectivity index (χ3v) is 3.59. The fraction of sp³-hybridized carbons (Fsp3) is 0.250. The van der Waals surface area contributed by atoms with Crippen LogP contribution < -0.4 is 5.32 Å². The molecular formula is C12H14N2S2. The van der Waals surface area contributed by atoms with E-state index in [2.05, 4.69) is 40.8 Å². The Balaban J connectivity index is 1.96. The summed E-state index contributed by atoms with van der Waals surface area (Å²) < 4.78 is 0. The fourth-order valence-electron chi connectivity index (χ4n) is 1.46. The van der Waals surface area contributed by atoms with Crippen LogP contribution in [0.15, 0.2) is 36.0 Å². The molecule has 2 aromatic rings. The van der Waals surface area contributed by atoms with Crippen molar-refractivity contribution in [2.45, 2.75) is 12.3 Å². The third kappa shape index (κ3) is 3.25. The van der Waals surface area contributed by atoms with Crippen LogP contribution in [0.25, 0.3) is 0 Å². The zero-order chi connectivity index (χ0) is 11.2. The predicted molar refractivity (Wildman–Crippen MR) is 73.1 cm³/mol. The first-order valence-electron chi connectivity index (χ1n) is 5.07. The van der Waals surface area contributed by atoms with E-state index in [1.807, 2.05) is 23.5 Å². The Kier molecular flexibility index (Phi) is 4.25. The summed E-state index contributed by atoms with van der Waals surface area (Å²) >= 11 is 3.52. The van der Waals surface area contributed by atoms with E-state index < -0.39 is 0 Å². The van der Waals surface area contributed by atoms with Crippen LogP contribution in [0.3, 0.4) is 0 Å². The summed E-state index contributed by atoms with van der Waals surface area (Å²) in [5.41, 5.74) is 4.41. The van der Waals surface area contributed by atoms with E-state index >= 15 is 0 Å². The largest absolute Gasteiger partial charge is 0.380 e. The van der Waals surface area contributed by atoms with E-state index in [9.17, 15) is 0 Å². The molecule has 0 saturated carbocycles. The Bertz CT molecular complexity index is 426. The highest BCUT2D eigenvalue weighted by Gasteiger charge is 1.97.